The van der Waals surface area contributed by atoms with Crippen LogP contribution in [0.5, 0.6) is 0 Å². The van der Waals surface area contributed by atoms with Gasteiger partial charge >= 0.3 is 5.97 Å². The second-order valence-electron chi connectivity index (χ2n) is 5.46. The summed E-state index contributed by atoms with van der Waals surface area (Å²) in [6.45, 7) is 0. The van der Waals surface area contributed by atoms with Crippen LogP contribution in [0.1, 0.15) is 40.4 Å². The summed E-state index contributed by atoms with van der Waals surface area (Å²) in [4.78, 5) is 16.4. The van der Waals surface area contributed by atoms with Gasteiger partial charge in [0.1, 0.15) is 0 Å². The molecule has 1 N–H and O–H groups in total. The molecule has 3 nitrogen and oxygen atoms in total. The number of pyridine rings is 1. The number of hydrogen-bond donors (Lipinski definition) is 1. The topological polar surface area (TPSA) is 50.2 Å². The first-order chi connectivity index (χ1) is 9.15. The molecule has 0 spiro atoms. The number of benzene rings is 1. The molecule has 1 aromatic heterocycles. The van der Waals surface area contributed by atoms with Gasteiger partial charge in [0.15, 0.2) is 0 Å². The molecule has 96 valence electrons. The predicted octanol–water partition coefficient (Wildman–Crippen LogP) is 3.75. The van der Waals surface area contributed by atoms with E-state index < -0.39 is 5.97 Å². The van der Waals surface area contributed by atoms with Gasteiger partial charge in [-0.25, -0.2) is 4.79 Å². The molecule has 1 aromatic carbocycles. The Morgan fingerprint density at radius 1 is 1.42 bits per heavy atom. The van der Waals surface area contributed by atoms with Crippen molar-refractivity contribution in [3.05, 3.63) is 39.5 Å². The molecular weight excluding hydrogens is 306 g/mol. The fourth-order valence-corrected chi connectivity index (χ4v) is 3.68. The van der Waals surface area contributed by atoms with Gasteiger partial charge in [-0.05, 0) is 42.9 Å². The zero-order chi connectivity index (χ0) is 13.1. The third kappa shape index (κ3) is 1.62. The summed E-state index contributed by atoms with van der Waals surface area (Å²) >= 11 is 3.43. The van der Waals surface area contributed by atoms with E-state index in [0.717, 1.165) is 45.4 Å². The van der Waals surface area contributed by atoms with Gasteiger partial charge in [-0.15, -0.1) is 0 Å². The lowest BCUT2D eigenvalue weighted by Gasteiger charge is -2.18. The second kappa shape index (κ2) is 3.79. The Morgan fingerprint density at radius 3 is 3.05 bits per heavy atom. The highest BCUT2D eigenvalue weighted by molar-refractivity contribution is 9.10. The van der Waals surface area contributed by atoms with Gasteiger partial charge in [-0.3, -0.25) is 4.98 Å². The maximum Gasteiger partial charge on any atom is 0.336 e. The number of hydrogen-bond acceptors (Lipinski definition) is 2. The summed E-state index contributed by atoms with van der Waals surface area (Å²) in [5.41, 5.74) is 3.27. The normalized spacial score (nSPS) is 23.8. The third-order valence-corrected chi connectivity index (χ3v) is 4.83. The maximum atomic E-state index is 11.7. The van der Waals surface area contributed by atoms with Gasteiger partial charge in [-0.1, -0.05) is 22.0 Å². The van der Waals surface area contributed by atoms with E-state index >= 15 is 0 Å². The van der Waals surface area contributed by atoms with Crippen molar-refractivity contribution >= 4 is 32.8 Å². The second-order valence-corrected chi connectivity index (χ2v) is 6.37. The molecule has 0 saturated heterocycles. The minimum atomic E-state index is -0.829. The number of carboxylic acid groups (broad SMARTS) is 1. The van der Waals surface area contributed by atoms with Gasteiger partial charge < -0.3 is 5.11 Å². The van der Waals surface area contributed by atoms with E-state index in [1.54, 1.807) is 0 Å². The summed E-state index contributed by atoms with van der Waals surface area (Å²) < 4.78 is 0.937. The Labute approximate surface area is 118 Å². The highest BCUT2D eigenvalue weighted by Gasteiger charge is 2.44. The average molecular weight is 318 g/mol. The van der Waals surface area contributed by atoms with Crippen LogP contribution in [-0.4, -0.2) is 16.1 Å². The molecule has 2 atom stereocenters. The number of aromatic carboxylic acids is 1. The number of fused-ring (bicyclic) bond motifs is 4. The van der Waals surface area contributed by atoms with E-state index in [1.165, 1.54) is 6.42 Å². The summed E-state index contributed by atoms with van der Waals surface area (Å²) in [5.74, 6) is 0.418. The molecule has 0 radical (unpaired) electrons. The third-order valence-electron chi connectivity index (χ3n) is 4.33. The predicted molar refractivity (Wildman–Crippen MR) is 75.6 cm³/mol. The van der Waals surface area contributed by atoms with Gasteiger partial charge in [0.2, 0.25) is 0 Å². The molecule has 0 aliphatic heterocycles. The van der Waals surface area contributed by atoms with Crippen LogP contribution in [-0.2, 0) is 6.42 Å². The van der Waals surface area contributed by atoms with Crippen LogP contribution in [0.4, 0.5) is 0 Å². The van der Waals surface area contributed by atoms with Crippen LogP contribution < -0.4 is 0 Å². The van der Waals surface area contributed by atoms with Gasteiger partial charge in [0.25, 0.3) is 0 Å². The molecule has 19 heavy (non-hydrogen) atoms. The summed E-state index contributed by atoms with van der Waals surface area (Å²) in [6.07, 6.45) is 3.15. The fraction of sp³-hybridized carbons (Fsp3) is 0.333. The van der Waals surface area contributed by atoms with Gasteiger partial charge in [-0.2, -0.15) is 0 Å². The van der Waals surface area contributed by atoms with E-state index in [0.29, 0.717) is 11.5 Å². The van der Waals surface area contributed by atoms with E-state index in [2.05, 4.69) is 15.9 Å². The summed E-state index contributed by atoms with van der Waals surface area (Å²) in [7, 11) is 0. The first-order valence-corrected chi connectivity index (χ1v) is 7.30. The number of nitrogens with zero attached hydrogens (tertiary/aromatic N) is 1. The lowest BCUT2D eigenvalue weighted by molar-refractivity contribution is 0.0697. The number of aromatic nitrogens is 1. The van der Waals surface area contributed by atoms with E-state index in [1.807, 2.05) is 18.2 Å². The molecule has 4 heteroatoms. The maximum absolute atomic E-state index is 11.7. The van der Waals surface area contributed by atoms with Gasteiger partial charge in [0, 0.05) is 21.5 Å². The largest absolute Gasteiger partial charge is 0.478 e. The summed E-state index contributed by atoms with van der Waals surface area (Å²) in [6, 6.07) is 5.65. The van der Waals surface area contributed by atoms with Crippen molar-refractivity contribution in [1.29, 1.82) is 0 Å². The summed E-state index contributed by atoms with van der Waals surface area (Å²) in [5, 5.41) is 10.3. The molecule has 2 aliphatic rings. The van der Waals surface area contributed by atoms with E-state index in [4.69, 9.17) is 4.98 Å². The average Bonchev–Trinajstić information content (AvgIpc) is 3.15. The van der Waals surface area contributed by atoms with Crippen molar-refractivity contribution in [3.8, 4) is 0 Å². The number of carboxylic acids is 1. The molecule has 4 rings (SSSR count). The van der Waals surface area contributed by atoms with Crippen LogP contribution in [0.25, 0.3) is 10.9 Å². The van der Waals surface area contributed by atoms with Crippen LogP contribution in [0.2, 0.25) is 0 Å². The molecule has 2 aromatic rings. The van der Waals surface area contributed by atoms with Crippen LogP contribution in [0.15, 0.2) is 22.7 Å². The highest BCUT2D eigenvalue weighted by atomic mass is 79.9. The lowest BCUT2D eigenvalue weighted by atomic mass is 9.90. The standard InChI is InChI=1S/C15H12BrNO2/c16-8-2-4-9-12(6-8)17-14-10(13(9)15(18)19)3-1-7-5-11(7)14/h2,4,6-7,11H,1,3,5H2,(H,18,19). The number of halogens is 1. The quantitative estimate of drug-likeness (QED) is 0.871. The first-order valence-electron chi connectivity index (χ1n) is 6.50. The van der Waals surface area contributed by atoms with E-state index in [9.17, 15) is 9.90 Å². The monoisotopic (exact) mass is 317 g/mol. The zero-order valence-corrected chi connectivity index (χ0v) is 11.8. The Morgan fingerprint density at radius 2 is 2.26 bits per heavy atom. The van der Waals surface area contributed by atoms with Crippen molar-refractivity contribution in [3.63, 3.8) is 0 Å². The minimum absolute atomic E-state index is 0.470. The van der Waals surface area contributed by atoms with Crippen LogP contribution in [0.3, 0.4) is 0 Å². The molecular formula is C15H12BrNO2. The van der Waals surface area contributed by atoms with Crippen molar-refractivity contribution < 1.29 is 9.90 Å². The van der Waals surface area contributed by atoms with Crippen molar-refractivity contribution in [2.75, 3.05) is 0 Å². The van der Waals surface area contributed by atoms with Gasteiger partial charge in [0.05, 0.1) is 11.1 Å². The van der Waals surface area contributed by atoms with Crippen molar-refractivity contribution in [2.45, 2.75) is 25.2 Å². The van der Waals surface area contributed by atoms with Crippen molar-refractivity contribution in [1.82, 2.24) is 4.98 Å². The highest BCUT2D eigenvalue weighted by Crippen LogP contribution is 2.54. The number of carbonyl (C=O) groups is 1. The SMILES string of the molecule is O=C(O)c1c2c(nc3cc(Br)ccc13)C1CC1CC2. The molecule has 1 saturated carbocycles. The molecule has 0 amide bonds. The smallest absolute Gasteiger partial charge is 0.336 e. The molecule has 2 unspecified atom stereocenters. The molecule has 1 heterocycles. The van der Waals surface area contributed by atoms with Crippen molar-refractivity contribution in [2.24, 2.45) is 5.92 Å². The van der Waals surface area contributed by atoms with E-state index in [-0.39, 0.29) is 0 Å². The first kappa shape index (κ1) is 11.4. The Bertz CT molecular complexity index is 726. The fourth-order valence-electron chi connectivity index (χ4n) is 3.33. The Balaban J connectivity index is 2.10. The Kier molecular flexibility index (Phi) is 2.28. The minimum Gasteiger partial charge on any atom is -0.478 e. The molecule has 0 bridgehead atoms. The lowest BCUT2D eigenvalue weighted by Crippen LogP contribution is -2.12. The zero-order valence-electron chi connectivity index (χ0n) is 10.2. The Hall–Kier alpha value is -1.42. The number of rotatable bonds is 1. The van der Waals surface area contributed by atoms with Crippen LogP contribution in [0, 0.1) is 5.92 Å². The van der Waals surface area contributed by atoms with Crippen LogP contribution >= 0.6 is 15.9 Å². The molecule has 1 fully saturated rings. The molecule has 2 aliphatic carbocycles.